The summed E-state index contributed by atoms with van der Waals surface area (Å²) in [5.41, 5.74) is 7.19. The van der Waals surface area contributed by atoms with E-state index in [9.17, 15) is 0 Å². The Bertz CT molecular complexity index is 569. The van der Waals surface area contributed by atoms with Crippen LogP contribution in [0.25, 0.3) is 0 Å². The predicted molar refractivity (Wildman–Crippen MR) is 89.7 cm³/mol. The summed E-state index contributed by atoms with van der Waals surface area (Å²) in [6, 6.07) is 11.3. The van der Waals surface area contributed by atoms with Crippen LogP contribution in [0.4, 0.5) is 10.1 Å². The highest BCUT2D eigenvalue weighted by molar-refractivity contribution is 7.19. The van der Waals surface area contributed by atoms with Crippen LogP contribution >= 0.6 is 11.3 Å². The quantitative estimate of drug-likeness (QED) is 0.947. The fraction of sp³-hybridized carbons (Fsp3) is 0.438. The Morgan fingerprint density at radius 3 is 2.76 bits per heavy atom. The molecule has 5 heteroatoms. The van der Waals surface area contributed by atoms with Gasteiger partial charge in [0.1, 0.15) is 5.00 Å². The van der Waals surface area contributed by atoms with Crippen molar-refractivity contribution in [2.45, 2.75) is 25.9 Å². The van der Waals surface area contributed by atoms with Crippen LogP contribution in [0.3, 0.4) is 0 Å². The summed E-state index contributed by atoms with van der Waals surface area (Å²) in [5, 5.41) is 1.85. The topological polar surface area (TPSA) is 45.4 Å². The molecule has 1 saturated heterocycles. The summed E-state index contributed by atoms with van der Waals surface area (Å²) in [7, 11) is 0. The predicted octanol–water partition coefficient (Wildman–Crippen LogP) is 2.83. The number of aromatic nitrogens is 1. The molecule has 1 aliphatic rings. The first-order valence-corrected chi connectivity index (χ1v) is 8.28. The Hall–Kier alpha value is -1.59. The lowest BCUT2D eigenvalue weighted by molar-refractivity contribution is 0.212. The lowest BCUT2D eigenvalue weighted by atomic mass is 10.1. The molecule has 0 spiro atoms. The van der Waals surface area contributed by atoms with E-state index in [4.69, 9.17) is 5.73 Å². The molecule has 2 heterocycles. The number of anilines is 2. The van der Waals surface area contributed by atoms with Gasteiger partial charge in [-0.15, -0.1) is 0 Å². The number of benzene rings is 1. The van der Waals surface area contributed by atoms with Crippen molar-refractivity contribution in [1.29, 1.82) is 0 Å². The number of nitrogens with zero attached hydrogens (tertiary/aromatic N) is 3. The monoisotopic (exact) mass is 302 g/mol. The van der Waals surface area contributed by atoms with Crippen molar-refractivity contribution < 1.29 is 0 Å². The normalized spacial score (nSPS) is 20.4. The van der Waals surface area contributed by atoms with Crippen LogP contribution in [0.1, 0.15) is 18.9 Å². The standard InChI is InChI=1S/C16H22N4S/c1-13-7-8-19(16-18-11-15(17)21-16)9-10-20(13)12-14-5-3-2-4-6-14/h2-6,11,13H,7-10,12,17H2,1H3. The Morgan fingerprint density at radius 2 is 2.05 bits per heavy atom. The van der Waals surface area contributed by atoms with Crippen molar-refractivity contribution in [3.05, 3.63) is 42.1 Å². The first-order chi connectivity index (χ1) is 10.2. The van der Waals surface area contributed by atoms with E-state index < -0.39 is 0 Å². The van der Waals surface area contributed by atoms with Gasteiger partial charge in [-0.05, 0) is 18.9 Å². The average molecular weight is 302 g/mol. The third-order valence-electron chi connectivity index (χ3n) is 4.11. The van der Waals surface area contributed by atoms with Crippen LogP contribution in [0, 0.1) is 0 Å². The van der Waals surface area contributed by atoms with Gasteiger partial charge in [0.15, 0.2) is 5.13 Å². The number of thiazole rings is 1. The Morgan fingerprint density at radius 1 is 1.24 bits per heavy atom. The molecule has 4 nitrogen and oxygen atoms in total. The van der Waals surface area contributed by atoms with Crippen molar-refractivity contribution in [3.8, 4) is 0 Å². The van der Waals surface area contributed by atoms with Gasteiger partial charge in [0.25, 0.3) is 0 Å². The minimum absolute atomic E-state index is 0.590. The average Bonchev–Trinajstić information content (AvgIpc) is 2.84. The lowest BCUT2D eigenvalue weighted by Gasteiger charge is -2.26. The molecule has 2 aromatic rings. The van der Waals surface area contributed by atoms with Crippen LogP contribution in [-0.2, 0) is 6.54 Å². The van der Waals surface area contributed by atoms with Crippen LogP contribution < -0.4 is 10.6 Å². The fourth-order valence-electron chi connectivity index (χ4n) is 2.77. The molecule has 1 fully saturated rings. The van der Waals surface area contributed by atoms with Crippen molar-refractivity contribution in [3.63, 3.8) is 0 Å². The van der Waals surface area contributed by atoms with E-state index in [0.717, 1.165) is 42.7 Å². The van der Waals surface area contributed by atoms with Crippen LogP contribution in [0.15, 0.2) is 36.5 Å². The maximum absolute atomic E-state index is 5.80. The Balaban J connectivity index is 1.66. The van der Waals surface area contributed by atoms with Gasteiger partial charge in [0.2, 0.25) is 0 Å². The molecule has 2 N–H and O–H groups in total. The van der Waals surface area contributed by atoms with Crippen molar-refractivity contribution in [2.75, 3.05) is 30.3 Å². The van der Waals surface area contributed by atoms with Crippen molar-refractivity contribution >= 4 is 21.5 Å². The van der Waals surface area contributed by atoms with Gasteiger partial charge in [-0.2, -0.15) is 0 Å². The summed E-state index contributed by atoms with van der Waals surface area (Å²) in [5.74, 6) is 0. The molecule has 0 bridgehead atoms. The Labute approximate surface area is 130 Å². The molecular formula is C16H22N4S. The summed E-state index contributed by atoms with van der Waals surface area (Å²) in [4.78, 5) is 9.34. The molecule has 1 unspecified atom stereocenters. The highest BCUT2D eigenvalue weighted by atomic mass is 32.1. The molecule has 112 valence electrons. The molecule has 0 radical (unpaired) electrons. The van der Waals surface area contributed by atoms with Crippen molar-refractivity contribution in [2.24, 2.45) is 0 Å². The summed E-state index contributed by atoms with van der Waals surface area (Å²) in [6.45, 7) is 6.48. The van der Waals surface area contributed by atoms with E-state index in [1.54, 1.807) is 17.5 Å². The minimum Gasteiger partial charge on any atom is -0.389 e. The van der Waals surface area contributed by atoms with Gasteiger partial charge in [0, 0.05) is 32.2 Å². The zero-order valence-electron chi connectivity index (χ0n) is 12.4. The molecule has 0 aliphatic carbocycles. The Kier molecular flexibility index (Phi) is 4.41. The molecule has 0 saturated carbocycles. The van der Waals surface area contributed by atoms with Gasteiger partial charge in [-0.3, -0.25) is 4.90 Å². The molecule has 0 amide bonds. The zero-order chi connectivity index (χ0) is 14.7. The summed E-state index contributed by atoms with van der Waals surface area (Å²) < 4.78 is 0. The summed E-state index contributed by atoms with van der Waals surface area (Å²) >= 11 is 1.58. The fourth-order valence-corrected chi connectivity index (χ4v) is 3.51. The van der Waals surface area contributed by atoms with E-state index in [0.29, 0.717) is 6.04 Å². The SMILES string of the molecule is CC1CCN(c2ncc(N)s2)CCN1Cc1ccccc1. The third kappa shape index (κ3) is 3.54. The van der Waals surface area contributed by atoms with Crippen LogP contribution in [0.5, 0.6) is 0 Å². The first kappa shape index (κ1) is 14.4. The van der Waals surface area contributed by atoms with Crippen molar-refractivity contribution in [1.82, 2.24) is 9.88 Å². The molecule has 3 rings (SSSR count). The molecule has 1 aliphatic heterocycles. The first-order valence-electron chi connectivity index (χ1n) is 7.46. The van der Waals surface area contributed by atoms with Gasteiger partial charge >= 0.3 is 0 Å². The van der Waals surface area contributed by atoms with E-state index in [-0.39, 0.29) is 0 Å². The lowest BCUT2D eigenvalue weighted by Crippen LogP contribution is -2.34. The van der Waals surface area contributed by atoms with Gasteiger partial charge < -0.3 is 10.6 Å². The highest BCUT2D eigenvalue weighted by Crippen LogP contribution is 2.26. The van der Waals surface area contributed by atoms with Gasteiger partial charge in [0.05, 0.1) is 6.20 Å². The van der Waals surface area contributed by atoms with Crippen LogP contribution in [0.2, 0.25) is 0 Å². The minimum atomic E-state index is 0.590. The molecule has 1 aromatic carbocycles. The van der Waals surface area contributed by atoms with E-state index in [1.807, 2.05) is 0 Å². The third-order valence-corrected chi connectivity index (χ3v) is 4.99. The van der Waals surface area contributed by atoms with Crippen LogP contribution in [-0.4, -0.2) is 35.6 Å². The largest absolute Gasteiger partial charge is 0.389 e. The molecule has 1 atom stereocenters. The number of rotatable bonds is 3. The van der Waals surface area contributed by atoms with E-state index in [1.165, 1.54) is 5.56 Å². The van der Waals surface area contributed by atoms with Gasteiger partial charge in [-0.1, -0.05) is 41.7 Å². The number of nitrogens with two attached hydrogens (primary N) is 1. The zero-order valence-corrected chi connectivity index (χ0v) is 13.2. The number of nitrogen functional groups attached to an aromatic ring is 1. The summed E-state index contributed by atoms with van der Waals surface area (Å²) in [6.07, 6.45) is 2.92. The second-order valence-electron chi connectivity index (χ2n) is 5.63. The van der Waals surface area contributed by atoms with E-state index in [2.05, 4.69) is 52.0 Å². The number of hydrogen-bond donors (Lipinski definition) is 1. The highest BCUT2D eigenvalue weighted by Gasteiger charge is 2.22. The maximum atomic E-state index is 5.80. The number of hydrogen-bond acceptors (Lipinski definition) is 5. The van der Waals surface area contributed by atoms with E-state index >= 15 is 0 Å². The van der Waals surface area contributed by atoms with Gasteiger partial charge in [-0.25, -0.2) is 4.98 Å². The molecular weight excluding hydrogens is 280 g/mol. The smallest absolute Gasteiger partial charge is 0.187 e. The molecule has 1 aromatic heterocycles. The maximum Gasteiger partial charge on any atom is 0.187 e. The second kappa shape index (κ2) is 6.45. The molecule has 21 heavy (non-hydrogen) atoms. The second-order valence-corrected chi connectivity index (χ2v) is 6.67.